The van der Waals surface area contributed by atoms with E-state index in [9.17, 15) is 27.6 Å². The molecule has 0 aliphatic heterocycles. The third-order valence-corrected chi connectivity index (χ3v) is 7.54. The molecule has 2 saturated carbocycles. The smallest absolute Gasteiger partial charge is 0.321 e. The summed E-state index contributed by atoms with van der Waals surface area (Å²) in [5.41, 5.74) is 2.13. The number of imide groups is 1. The van der Waals surface area contributed by atoms with Crippen molar-refractivity contribution in [2.45, 2.75) is 76.4 Å². The van der Waals surface area contributed by atoms with Crippen LogP contribution in [0.15, 0.2) is 23.1 Å². The average molecular weight is 493 g/mol. The molecule has 7 nitrogen and oxygen atoms in total. The second-order valence-corrected chi connectivity index (χ2v) is 9.98. The van der Waals surface area contributed by atoms with Crippen LogP contribution in [-0.4, -0.2) is 46.0 Å². The molecule has 10 heteroatoms. The van der Waals surface area contributed by atoms with Crippen LogP contribution in [-0.2, 0) is 11.8 Å². The number of fused-ring (bicyclic) bond motifs is 1. The van der Waals surface area contributed by atoms with E-state index in [1.807, 2.05) is 24.4 Å². The third-order valence-electron chi connectivity index (χ3n) is 7.54. The van der Waals surface area contributed by atoms with E-state index >= 15 is 0 Å². The molecule has 7 unspecified atom stereocenters. The monoisotopic (exact) mass is 492 g/mol. The zero-order valence-electron chi connectivity index (χ0n) is 20.1. The first kappa shape index (κ1) is 25.2. The lowest BCUT2D eigenvalue weighted by Crippen LogP contribution is -2.53. The van der Waals surface area contributed by atoms with E-state index in [1.54, 1.807) is 17.8 Å². The SMILES string of the molecule is Cc1cc2c(cn1)cc(C1CC(NC(=O)NC(=O)C3C(F)CCC(F)C3F)CCC1C)c(=O)n2C. The van der Waals surface area contributed by atoms with Gasteiger partial charge in [-0.1, -0.05) is 6.92 Å². The van der Waals surface area contributed by atoms with E-state index in [2.05, 4.69) is 17.2 Å². The molecule has 7 atom stereocenters. The van der Waals surface area contributed by atoms with Gasteiger partial charge in [0.05, 0.1) is 5.52 Å². The van der Waals surface area contributed by atoms with Crippen molar-refractivity contribution in [1.29, 1.82) is 0 Å². The van der Waals surface area contributed by atoms with Crippen molar-refractivity contribution < 1.29 is 22.8 Å². The van der Waals surface area contributed by atoms with Gasteiger partial charge in [-0.15, -0.1) is 0 Å². The lowest BCUT2D eigenvalue weighted by molar-refractivity contribution is -0.132. The van der Waals surface area contributed by atoms with Crippen LogP contribution < -0.4 is 16.2 Å². The van der Waals surface area contributed by atoms with Crippen molar-refractivity contribution in [2.75, 3.05) is 0 Å². The predicted molar refractivity (Wildman–Crippen MR) is 125 cm³/mol. The highest BCUT2D eigenvalue weighted by atomic mass is 19.2. The van der Waals surface area contributed by atoms with E-state index in [-0.39, 0.29) is 36.3 Å². The van der Waals surface area contributed by atoms with Crippen LogP contribution in [0.2, 0.25) is 0 Å². The number of alkyl halides is 3. The molecule has 2 fully saturated rings. The van der Waals surface area contributed by atoms with Crippen LogP contribution in [0.1, 0.15) is 56.2 Å². The predicted octanol–water partition coefficient (Wildman–Crippen LogP) is 3.76. The first-order chi connectivity index (χ1) is 16.6. The van der Waals surface area contributed by atoms with E-state index in [0.717, 1.165) is 23.0 Å². The van der Waals surface area contributed by atoms with Gasteiger partial charge in [0.15, 0.2) is 0 Å². The summed E-state index contributed by atoms with van der Waals surface area (Å²) < 4.78 is 43.4. The highest BCUT2D eigenvalue weighted by Gasteiger charge is 2.45. The molecule has 4 rings (SSSR count). The highest BCUT2D eigenvalue weighted by Crippen LogP contribution is 2.37. The molecule has 190 valence electrons. The summed E-state index contributed by atoms with van der Waals surface area (Å²) in [5.74, 6) is -2.95. The molecular formula is C25H31F3N4O3. The van der Waals surface area contributed by atoms with Gasteiger partial charge >= 0.3 is 6.03 Å². The summed E-state index contributed by atoms with van der Waals surface area (Å²) in [6.45, 7) is 3.92. The van der Waals surface area contributed by atoms with Crippen LogP contribution in [0.25, 0.3) is 10.9 Å². The number of carbonyl (C=O) groups is 2. The quantitative estimate of drug-likeness (QED) is 0.682. The van der Waals surface area contributed by atoms with Crippen LogP contribution in [0, 0.1) is 18.8 Å². The number of urea groups is 1. The van der Waals surface area contributed by atoms with Crippen LogP contribution in [0.3, 0.4) is 0 Å². The van der Waals surface area contributed by atoms with Crippen molar-refractivity contribution in [3.8, 4) is 0 Å². The number of aryl methyl sites for hydroxylation is 2. The molecule has 0 bridgehead atoms. The summed E-state index contributed by atoms with van der Waals surface area (Å²) in [6, 6.07) is 2.50. The van der Waals surface area contributed by atoms with Gasteiger partial charge in [-0.2, -0.15) is 0 Å². The van der Waals surface area contributed by atoms with E-state index in [1.165, 1.54) is 0 Å². The number of nitrogens with zero attached hydrogens (tertiary/aromatic N) is 2. The fourth-order valence-electron chi connectivity index (χ4n) is 5.45. The third kappa shape index (κ3) is 5.06. The minimum absolute atomic E-state index is 0.110. The number of pyridine rings is 2. The van der Waals surface area contributed by atoms with Crippen LogP contribution in [0.4, 0.5) is 18.0 Å². The molecule has 2 aliphatic carbocycles. The number of nitrogens with one attached hydrogen (secondary N) is 2. The zero-order valence-corrected chi connectivity index (χ0v) is 20.1. The van der Waals surface area contributed by atoms with Gasteiger partial charge in [0, 0.05) is 35.9 Å². The van der Waals surface area contributed by atoms with Crippen LogP contribution >= 0.6 is 0 Å². The normalized spacial score (nSPS) is 31.2. The maximum Gasteiger partial charge on any atom is 0.321 e. The topological polar surface area (TPSA) is 93.1 Å². The lowest BCUT2D eigenvalue weighted by Gasteiger charge is -2.35. The fourth-order valence-corrected chi connectivity index (χ4v) is 5.45. The van der Waals surface area contributed by atoms with Gasteiger partial charge in [0.1, 0.15) is 24.4 Å². The maximum atomic E-state index is 14.1. The van der Waals surface area contributed by atoms with Crippen molar-refractivity contribution in [3.63, 3.8) is 0 Å². The van der Waals surface area contributed by atoms with Gasteiger partial charge in [-0.25, -0.2) is 18.0 Å². The van der Waals surface area contributed by atoms with Crippen molar-refractivity contribution in [3.05, 3.63) is 39.9 Å². The van der Waals surface area contributed by atoms with Gasteiger partial charge in [-0.05, 0) is 63.0 Å². The van der Waals surface area contributed by atoms with Gasteiger partial charge < -0.3 is 9.88 Å². The van der Waals surface area contributed by atoms with Crippen molar-refractivity contribution in [1.82, 2.24) is 20.2 Å². The molecule has 0 aromatic carbocycles. The van der Waals surface area contributed by atoms with Gasteiger partial charge in [-0.3, -0.25) is 19.9 Å². The second kappa shape index (κ2) is 9.99. The van der Waals surface area contributed by atoms with E-state index in [4.69, 9.17) is 0 Å². The van der Waals surface area contributed by atoms with Gasteiger partial charge in [0.25, 0.3) is 5.56 Å². The molecule has 0 saturated heterocycles. The molecule has 2 aliphatic rings. The van der Waals surface area contributed by atoms with E-state index < -0.39 is 36.4 Å². The minimum Gasteiger partial charge on any atom is -0.335 e. The van der Waals surface area contributed by atoms with Crippen molar-refractivity contribution >= 4 is 22.8 Å². The molecule has 3 amide bonds. The average Bonchev–Trinajstić information content (AvgIpc) is 2.80. The summed E-state index contributed by atoms with van der Waals surface area (Å²) >= 11 is 0. The zero-order chi connectivity index (χ0) is 25.4. The Morgan fingerprint density at radius 2 is 1.80 bits per heavy atom. The molecular weight excluding hydrogens is 461 g/mol. The summed E-state index contributed by atoms with van der Waals surface area (Å²) in [5, 5.41) is 5.53. The Hall–Kier alpha value is -2.91. The standard InChI is InChI=1S/C25H31F3N4O3/c1-12-4-5-15(30-25(35)31-23(33)21-18(26)6-7-19(27)22(21)28)10-16(12)17-9-14-11-29-13(2)8-20(14)32(3)24(17)34/h8-9,11-12,15-16,18-19,21-22H,4-7,10H2,1-3H3,(H2,30,31,33,35). The Morgan fingerprint density at radius 3 is 2.54 bits per heavy atom. The molecule has 35 heavy (non-hydrogen) atoms. The number of carbonyl (C=O) groups excluding carboxylic acids is 2. The highest BCUT2D eigenvalue weighted by molar-refractivity contribution is 5.96. The van der Waals surface area contributed by atoms with Crippen LogP contribution in [0.5, 0.6) is 0 Å². The largest absolute Gasteiger partial charge is 0.335 e. The lowest BCUT2D eigenvalue weighted by atomic mass is 9.74. The fraction of sp³-hybridized carbons (Fsp3) is 0.600. The summed E-state index contributed by atoms with van der Waals surface area (Å²) in [4.78, 5) is 42.3. The van der Waals surface area contributed by atoms with Crippen molar-refractivity contribution in [2.24, 2.45) is 18.9 Å². The molecule has 2 aromatic heterocycles. The maximum absolute atomic E-state index is 14.1. The molecule has 2 N–H and O–H groups in total. The molecule has 2 aromatic rings. The first-order valence-corrected chi connectivity index (χ1v) is 12.1. The first-order valence-electron chi connectivity index (χ1n) is 12.1. The number of hydrogen-bond donors (Lipinski definition) is 2. The Morgan fingerprint density at radius 1 is 1.09 bits per heavy atom. The number of halogens is 3. The Balaban J connectivity index is 1.46. The number of aromatic nitrogens is 2. The number of rotatable bonds is 3. The molecule has 0 spiro atoms. The number of hydrogen-bond acceptors (Lipinski definition) is 4. The van der Waals surface area contributed by atoms with Gasteiger partial charge in [0.2, 0.25) is 5.91 Å². The Labute approximate surface area is 201 Å². The Bertz CT molecular complexity index is 1190. The summed E-state index contributed by atoms with van der Waals surface area (Å²) in [7, 11) is 1.72. The molecule has 2 heterocycles. The molecule has 0 radical (unpaired) electrons. The summed E-state index contributed by atoms with van der Waals surface area (Å²) in [6.07, 6.45) is -3.03. The minimum atomic E-state index is -2.28. The van der Waals surface area contributed by atoms with E-state index in [0.29, 0.717) is 18.4 Å². The second-order valence-electron chi connectivity index (χ2n) is 9.98. The number of amides is 3. The Kier molecular flexibility index (Phi) is 7.19.